The van der Waals surface area contributed by atoms with Crippen LogP contribution < -0.4 is 10.6 Å². The van der Waals surface area contributed by atoms with Crippen molar-refractivity contribution >= 4 is 18.1 Å². The van der Waals surface area contributed by atoms with Gasteiger partial charge in [-0.05, 0) is 12.8 Å². The molecule has 0 rings (SSSR count). The highest BCUT2D eigenvalue weighted by atomic mass is 16.2. The van der Waals surface area contributed by atoms with Gasteiger partial charge in [-0.15, -0.1) is 6.58 Å². The van der Waals surface area contributed by atoms with E-state index in [1.165, 1.54) is 0 Å². The molecule has 0 saturated carbocycles. The molecule has 0 bridgehead atoms. The third-order valence-corrected chi connectivity index (χ3v) is 2.54. The molecule has 0 aliphatic carbocycles. The van der Waals surface area contributed by atoms with Crippen LogP contribution in [0.2, 0.25) is 0 Å². The quantitative estimate of drug-likeness (QED) is 0.249. The molecule has 0 spiro atoms. The summed E-state index contributed by atoms with van der Waals surface area (Å²) in [6.45, 7) is 5.96. The molecule has 5 nitrogen and oxygen atoms in total. The van der Waals surface area contributed by atoms with Gasteiger partial charge in [-0.2, -0.15) is 0 Å². The number of nitrogens with one attached hydrogen (secondary N) is 2. The topological polar surface area (TPSA) is 75.3 Å². The van der Waals surface area contributed by atoms with E-state index in [4.69, 9.17) is 0 Å². The summed E-state index contributed by atoms with van der Waals surface area (Å²) in [5.74, 6) is -1.23. The molecule has 5 heteroatoms. The van der Waals surface area contributed by atoms with Crippen LogP contribution in [0, 0.1) is 0 Å². The van der Waals surface area contributed by atoms with Crippen molar-refractivity contribution in [2.45, 2.75) is 45.1 Å². The molecule has 0 aliphatic rings. The van der Waals surface area contributed by atoms with Gasteiger partial charge < -0.3 is 10.6 Å². The lowest BCUT2D eigenvalue weighted by molar-refractivity contribution is -0.139. The van der Waals surface area contributed by atoms with Gasteiger partial charge in [0, 0.05) is 6.54 Å². The van der Waals surface area contributed by atoms with Crippen LogP contribution in [0.3, 0.4) is 0 Å². The third-order valence-electron chi connectivity index (χ3n) is 2.54. The summed E-state index contributed by atoms with van der Waals surface area (Å²) in [6.07, 6.45) is 6.04. The van der Waals surface area contributed by atoms with Gasteiger partial charge >= 0.3 is 0 Å². The standard InChI is InChI=1S/C13H22N2O3/c1-3-5-7-8-11(15-10-16)12(17)13(18)14-9-6-4-2/h4,10-11H,2-3,5-9H2,1H3,(H,14,18)(H,15,16). The van der Waals surface area contributed by atoms with Crippen molar-refractivity contribution in [2.24, 2.45) is 0 Å². The Balaban J connectivity index is 4.21. The second kappa shape index (κ2) is 10.5. The van der Waals surface area contributed by atoms with Crippen LogP contribution >= 0.6 is 0 Å². The first-order valence-corrected chi connectivity index (χ1v) is 6.30. The molecule has 0 aromatic carbocycles. The van der Waals surface area contributed by atoms with Crippen molar-refractivity contribution in [1.82, 2.24) is 10.6 Å². The molecule has 1 unspecified atom stereocenters. The molecule has 0 aromatic heterocycles. The summed E-state index contributed by atoms with van der Waals surface area (Å²) in [4.78, 5) is 33.7. The molecule has 0 radical (unpaired) electrons. The van der Waals surface area contributed by atoms with Gasteiger partial charge in [-0.1, -0.05) is 32.3 Å². The van der Waals surface area contributed by atoms with Crippen LogP contribution in [0.15, 0.2) is 12.7 Å². The number of hydrogen-bond acceptors (Lipinski definition) is 3. The molecule has 0 aromatic rings. The van der Waals surface area contributed by atoms with Crippen LogP contribution in [0.4, 0.5) is 0 Å². The summed E-state index contributed by atoms with van der Waals surface area (Å²) >= 11 is 0. The second-order valence-electron chi connectivity index (χ2n) is 4.03. The summed E-state index contributed by atoms with van der Waals surface area (Å²) < 4.78 is 0. The average molecular weight is 254 g/mol. The van der Waals surface area contributed by atoms with E-state index in [1.54, 1.807) is 6.08 Å². The maximum Gasteiger partial charge on any atom is 0.289 e. The number of carbonyl (C=O) groups excluding carboxylic acids is 3. The molecule has 18 heavy (non-hydrogen) atoms. The summed E-state index contributed by atoms with van der Waals surface area (Å²) in [5, 5.41) is 4.90. The highest BCUT2D eigenvalue weighted by Crippen LogP contribution is 2.04. The smallest absolute Gasteiger partial charge is 0.289 e. The summed E-state index contributed by atoms with van der Waals surface area (Å²) in [7, 11) is 0. The zero-order valence-electron chi connectivity index (χ0n) is 10.9. The number of unbranched alkanes of at least 4 members (excludes halogenated alkanes) is 2. The molecule has 102 valence electrons. The van der Waals surface area contributed by atoms with Crippen molar-refractivity contribution in [3.05, 3.63) is 12.7 Å². The zero-order valence-corrected chi connectivity index (χ0v) is 10.9. The second-order valence-corrected chi connectivity index (χ2v) is 4.03. The highest BCUT2D eigenvalue weighted by Gasteiger charge is 2.23. The molecule has 1 atom stereocenters. The molecule has 0 heterocycles. The zero-order chi connectivity index (χ0) is 13.8. The van der Waals surface area contributed by atoms with Crippen molar-refractivity contribution in [3.63, 3.8) is 0 Å². The minimum atomic E-state index is -0.710. The number of amides is 2. The van der Waals surface area contributed by atoms with Gasteiger partial charge in [0.1, 0.15) is 0 Å². The lowest BCUT2D eigenvalue weighted by Crippen LogP contribution is -2.45. The van der Waals surface area contributed by atoms with E-state index < -0.39 is 17.7 Å². The van der Waals surface area contributed by atoms with Crippen LogP contribution in [-0.4, -0.2) is 30.7 Å². The van der Waals surface area contributed by atoms with Crippen LogP contribution in [0.25, 0.3) is 0 Å². The van der Waals surface area contributed by atoms with E-state index in [2.05, 4.69) is 17.2 Å². The maximum absolute atomic E-state index is 11.8. The molecular weight excluding hydrogens is 232 g/mol. The predicted molar refractivity (Wildman–Crippen MR) is 70.0 cm³/mol. The number of Topliss-reactive ketones (excluding diaryl/α,β-unsaturated/α-hetero) is 1. The Bertz CT molecular complexity index is 290. The molecular formula is C13H22N2O3. The lowest BCUT2D eigenvalue weighted by Gasteiger charge is -2.14. The Labute approximate surface area is 108 Å². The van der Waals surface area contributed by atoms with E-state index >= 15 is 0 Å². The number of hydrogen-bond donors (Lipinski definition) is 2. The van der Waals surface area contributed by atoms with Crippen molar-refractivity contribution in [3.8, 4) is 0 Å². The van der Waals surface area contributed by atoms with Gasteiger partial charge in [0.25, 0.3) is 5.91 Å². The van der Waals surface area contributed by atoms with Gasteiger partial charge in [-0.3, -0.25) is 14.4 Å². The number of carbonyl (C=O) groups is 3. The Morgan fingerprint density at radius 2 is 2.06 bits per heavy atom. The normalized spacial score (nSPS) is 11.4. The Morgan fingerprint density at radius 3 is 2.61 bits per heavy atom. The van der Waals surface area contributed by atoms with Crippen molar-refractivity contribution in [1.29, 1.82) is 0 Å². The van der Waals surface area contributed by atoms with E-state index in [1.807, 2.05) is 6.92 Å². The predicted octanol–water partition coefficient (Wildman–Crippen LogP) is 0.943. The van der Waals surface area contributed by atoms with Crippen LogP contribution in [0.1, 0.15) is 39.0 Å². The first kappa shape index (κ1) is 16.4. The fraction of sp³-hybridized carbons (Fsp3) is 0.615. The minimum absolute atomic E-state index is 0.386. The van der Waals surface area contributed by atoms with Gasteiger partial charge in [0.15, 0.2) is 0 Å². The monoisotopic (exact) mass is 254 g/mol. The first-order chi connectivity index (χ1) is 8.67. The Hall–Kier alpha value is -1.65. The van der Waals surface area contributed by atoms with Gasteiger partial charge in [0.05, 0.1) is 6.04 Å². The molecule has 2 N–H and O–H groups in total. The first-order valence-electron chi connectivity index (χ1n) is 6.30. The average Bonchev–Trinajstić information content (AvgIpc) is 2.37. The molecule has 0 aliphatic heterocycles. The van der Waals surface area contributed by atoms with Gasteiger partial charge in [-0.25, -0.2) is 0 Å². The highest BCUT2D eigenvalue weighted by molar-refractivity contribution is 6.38. The maximum atomic E-state index is 11.8. The van der Waals surface area contributed by atoms with E-state index in [-0.39, 0.29) is 0 Å². The molecule has 2 amide bonds. The largest absolute Gasteiger partial charge is 0.349 e. The Morgan fingerprint density at radius 1 is 1.33 bits per heavy atom. The van der Waals surface area contributed by atoms with Crippen molar-refractivity contribution in [2.75, 3.05) is 6.54 Å². The fourth-order valence-corrected chi connectivity index (χ4v) is 1.50. The van der Waals surface area contributed by atoms with E-state index in [0.29, 0.717) is 25.8 Å². The van der Waals surface area contributed by atoms with Crippen LogP contribution in [-0.2, 0) is 14.4 Å². The summed E-state index contributed by atoms with van der Waals surface area (Å²) in [5.41, 5.74) is 0. The summed E-state index contributed by atoms with van der Waals surface area (Å²) in [6, 6.07) is -0.710. The molecule has 0 saturated heterocycles. The van der Waals surface area contributed by atoms with E-state index in [9.17, 15) is 14.4 Å². The number of ketones is 1. The van der Waals surface area contributed by atoms with Crippen molar-refractivity contribution < 1.29 is 14.4 Å². The fourth-order valence-electron chi connectivity index (χ4n) is 1.50. The van der Waals surface area contributed by atoms with Crippen LogP contribution in [0.5, 0.6) is 0 Å². The number of rotatable bonds is 11. The lowest BCUT2D eigenvalue weighted by atomic mass is 10.0. The SMILES string of the molecule is C=CCCNC(=O)C(=O)C(CCCCC)NC=O. The molecule has 0 fully saturated rings. The van der Waals surface area contributed by atoms with E-state index in [0.717, 1.165) is 19.3 Å². The minimum Gasteiger partial charge on any atom is -0.349 e. The third kappa shape index (κ3) is 6.83. The Kier molecular flexibility index (Phi) is 9.54. The van der Waals surface area contributed by atoms with Gasteiger partial charge in [0.2, 0.25) is 12.2 Å².